The first-order valence-electron chi connectivity index (χ1n) is 14.8. The predicted molar refractivity (Wildman–Crippen MR) is 152 cm³/mol. The van der Waals surface area contributed by atoms with E-state index in [1.165, 1.54) is 74.5 Å². The van der Waals surface area contributed by atoms with Crippen molar-refractivity contribution < 1.29 is 18.9 Å². The molecule has 1 aromatic carbocycles. The molecule has 0 saturated heterocycles. The normalized spacial score (nSPS) is 27.0. The van der Waals surface area contributed by atoms with E-state index >= 15 is 0 Å². The van der Waals surface area contributed by atoms with Crippen molar-refractivity contribution >= 4 is 17.6 Å². The van der Waals surface area contributed by atoms with Gasteiger partial charge < -0.3 is 10.1 Å². The van der Waals surface area contributed by atoms with Crippen LogP contribution in [0.1, 0.15) is 115 Å². The summed E-state index contributed by atoms with van der Waals surface area (Å²) in [5, 5.41) is 3.21. The largest absolute Gasteiger partial charge is 0.469 e. The molecule has 3 aliphatic carbocycles. The number of likely N-dealkylation sites (N-methyl/N-ethyl adjacent to an activating group) is 1. The molecular weight excluding hydrogens is 472 g/mol. The Balaban J connectivity index is 1.46. The average Bonchev–Trinajstić information content (AvgIpc) is 3.54. The van der Waals surface area contributed by atoms with Crippen LogP contribution >= 0.6 is 0 Å². The highest BCUT2D eigenvalue weighted by molar-refractivity contribution is 5.99. The van der Waals surface area contributed by atoms with Gasteiger partial charge in [-0.25, -0.2) is 0 Å². The topological polar surface area (TPSA) is 58.4 Å². The van der Waals surface area contributed by atoms with Gasteiger partial charge in [0.2, 0.25) is 0 Å². The number of esters is 1. The van der Waals surface area contributed by atoms with E-state index in [9.17, 15) is 9.59 Å². The third-order valence-corrected chi connectivity index (χ3v) is 9.82. The predicted octanol–water partition coefficient (Wildman–Crippen LogP) is 6.14. The SMILES string of the molecule is COC(=O)C1CC(NC(=O)C2=CC(c3cc(C(C)(C)C)cc(C4(C)CC4)c3)C(CC3CCCCC3)=[N+]2C)C1. The molecule has 3 fully saturated rings. The summed E-state index contributed by atoms with van der Waals surface area (Å²) in [6.45, 7) is 9.29. The number of methoxy groups -OCH3 is 1. The van der Waals surface area contributed by atoms with Crippen LogP contribution < -0.4 is 5.32 Å². The maximum Gasteiger partial charge on any atom is 0.315 e. The molecule has 4 aliphatic rings. The molecule has 5 rings (SSSR count). The molecule has 5 nitrogen and oxygen atoms in total. The fourth-order valence-electron chi connectivity index (χ4n) is 6.64. The molecule has 0 aromatic heterocycles. The summed E-state index contributed by atoms with van der Waals surface area (Å²) in [6, 6.07) is 7.30. The van der Waals surface area contributed by atoms with Gasteiger partial charge in [-0.1, -0.05) is 65.2 Å². The zero-order chi connectivity index (χ0) is 27.2. The second kappa shape index (κ2) is 10.3. The van der Waals surface area contributed by atoms with Crippen molar-refractivity contribution in [1.29, 1.82) is 0 Å². The minimum absolute atomic E-state index is 0.0224. The van der Waals surface area contributed by atoms with E-state index in [1.54, 1.807) is 0 Å². The van der Waals surface area contributed by atoms with Crippen LogP contribution in [0.5, 0.6) is 0 Å². The number of nitrogens with one attached hydrogen (secondary N) is 1. The van der Waals surface area contributed by atoms with Gasteiger partial charge >= 0.3 is 11.9 Å². The highest BCUT2D eigenvalue weighted by atomic mass is 16.5. The quantitative estimate of drug-likeness (QED) is 0.348. The fraction of sp³-hybridized carbons (Fsp3) is 0.667. The molecule has 206 valence electrons. The minimum atomic E-state index is -0.172. The lowest BCUT2D eigenvalue weighted by molar-refractivity contribution is -0.436. The standard InChI is InChI=1S/C33H46N2O3/c1-32(2,3)24-15-22(16-25(19-24)33(4)12-13-33)27-20-29(30(36)34-26-17-23(18-26)31(37)38-6)35(5)28(27)14-21-10-8-7-9-11-21/h15-16,19-21,23,26-27H,7-14,17-18H2,1-6H3/p+1. The summed E-state index contributed by atoms with van der Waals surface area (Å²) in [5.74, 6) is 0.526. The summed E-state index contributed by atoms with van der Waals surface area (Å²) in [5.41, 5.74) is 6.63. The van der Waals surface area contributed by atoms with E-state index in [4.69, 9.17) is 4.74 Å². The van der Waals surface area contributed by atoms with E-state index in [0.29, 0.717) is 18.8 Å². The van der Waals surface area contributed by atoms with Gasteiger partial charge in [0, 0.05) is 18.5 Å². The number of ether oxygens (including phenoxy) is 1. The number of allylic oxidation sites excluding steroid dienone is 1. The van der Waals surface area contributed by atoms with Gasteiger partial charge in [-0.2, -0.15) is 4.58 Å². The molecular formula is C33H47N2O3+. The molecule has 3 saturated carbocycles. The van der Waals surface area contributed by atoms with Crippen LogP contribution in [0.3, 0.4) is 0 Å². The van der Waals surface area contributed by atoms with Crippen molar-refractivity contribution in [1.82, 2.24) is 5.32 Å². The van der Waals surface area contributed by atoms with Gasteiger partial charge in [0.25, 0.3) is 5.70 Å². The Hall–Kier alpha value is -2.43. The summed E-state index contributed by atoms with van der Waals surface area (Å²) in [4.78, 5) is 25.3. The zero-order valence-corrected chi connectivity index (χ0v) is 24.4. The first-order valence-corrected chi connectivity index (χ1v) is 14.8. The Morgan fingerprint density at radius 2 is 1.76 bits per heavy atom. The molecule has 0 bridgehead atoms. The minimum Gasteiger partial charge on any atom is -0.469 e. The van der Waals surface area contributed by atoms with E-state index in [1.807, 2.05) is 0 Å². The first kappa shape index (κ1) is 27.1. The van der Waals surface area contributed by atoms with Crippen molar-refractivity contribution in [3.05, 3.63) is 46.7 Å². The number of benzene rings is 1. The number of hydrogen-bond donors (Lipinski definition) is 1. The van der Waals surface area contributed by atoms with Crippen LogP contribution in [0.15, 0.2) is 30.0 Å². The molecule has 1 amide bonds. The number of carbonyl (C=O) groups is 2. The van der Waals surface area contributed by atoms with Gasteiger partial charge in [0.1, 0.15) is 7.05 Å². The Labute approximate surface area is 229 Å². The molecule has 38 heavy (non-hydrogen) atoms. The third-order valence-electron chi connectivity index (χ3n) is 9.82. The monoisotopic (exact) mass is 519 g/mol. The van der Waals surface area contributed by atoms with E-state index in [-0.39, 0.29) is 40.6 Å². The molecule has 1 aliphatic heterocycles. The Morgan fingerprint density at radius 1 is 1.08 bits per heavy atom. The maximum absolute atomic E-state index is 13.5. The van der Waals surface area contributed by atoms with Crippen LogP contribution in [-0.2, 0) is 25.2 Å². The number of rotatable bonds is 7. The number of carbonyl (C=O) groups excluding carboxylic acids is 2. The lowest BCUT2D eigenvalue weighted by atomic mass is 9.78. The second-order valence-electron chi connectivity index (χ2n) is 13.8. The molecule has 5 heteroatoms. The van der Waals surface area contributed by atoms with E-state index in [0.717, 1.165) is 12.1 Å². The summed E-state index contributed by atoms with van der Waals surface area (Å²) in [6.07, 6.45) is 13.6. The van der Waals surface area contributed by atoms with Crippen LogP contribution in [0.25, 0.3) is 0 Å². The van der Waals surface area contributed by atoms with Gasteiger partial charge in [0.05, 0.1) is 18.9 Å². The van der Waals surface area contributed by atoms with E-state index in [2.05, 4.69) is 68.9 Å². The van der Waals surface area contributed by atoms with Crippen molar-refractivity contribution in [3.63, 3.8) is 0 Å². The Morgan fingerprint density at radius 3 is 2.37 bits per heavy atom. The van der Waals surface area contributed by atoms with Gasteiger partial charge in [-0.3, -0.25) is 9.59 Å². The smallest absolute Gasteiger partial charge is 0.315 e. The van der Waals surface area contributed by atoms with Crippen molar-refractivity contribution in [2.24, 2.45) is 11.8 Å². The lowest BCUT2D eigenvalue weighted by Crippen LogP contribution is -2.48. The first-order chi connectivity index (χ1) is 18.0. The molecule has 1 atom stereocenters. The number of amides is 1. The van der Waals surface area contributed by atoms with Gasteiger partial charge in [-0.05, 0) is 72.0 Å². The van der Waals surface area contributed by atoms with Crippen LogP contribution in [0.4, 0.5) is 0 Å². The number of nitrogens with zero attached hydrogens (tertiary/aromatic N) is 1. The van der Waals surface area contributed by atoms with Gasteiger partial charge in [-0.15, -0.1) is 0 Å². The highest BCUT2D eigenvalue weighted by Crippen LogP contribution is 2.49. The van der Waals surface area contributed by atoms with Crippen molar-refractivity contribution in [3.8, 4) is 0 Å². The third kappa shape index (κ3) is 5.49. The van der Waals surface area contributed by atoms with E-state index < -0.39 is 0 Å². The molecule has 1 heterocycles. The van der Waals surface area contributed by atoms with Crippen molar-refractivity contribution in [2.45, 2.75) is 115 Å². The molecule has 1 aromatic rings. The molecule has 1 N–H and O–H groups in total. The van der Waals surface area contributed by atoms with Crippen LogP contribution in [0, 0.1) is 11.8 Å². The maximum atomic E-state index is 13.5. The van der Waals surface area contributed by atoms with Crippen molar-refractivity contribution in [2.75, 3.05) is 14.2 Å². The molecule has 0 radical (unpaired) electrons. The summed E-state index contributed by atoms with van der Waals surface area (Å²) < 4.78 is 7.06. The molecule has 1 unspecified atom stereocenters. The van der Waals surface area contributed by atoms with Crippen LogP contribution in [-0.4, -0.2) is 42.4 Å². The Bertz CT molecular complexity index is 1130. The Kier molecular flexibility index (Phi) is 7.34. The zero-order valence-electron chi connectivity index (χ0n) is 24.4. The fourth-order valence-corrected chi connectivity index (χ4v) is 6.64. The second-order valence-corrected chi connectivity index (χ2v) is 13.8. The average molecular weight is 520 g/mol. The summed E-state index contributed by atoms with van der Waals surface area (Å²) >= 11 is 0. The van der Waals surface area contributed by atoms with Gasteiger partial charge in [0.15, 0.2) is 5.71 Å². The lowest BCUT2D eigenvalue weighted by Gasteiger charge is -2.33. The summed E-state index contributed by atoms with van der Waals surface area (Å²) in [7, 11) is 3.51. The number of hydrogen-bond acceptors (Lipinski definition) is 3. The molecule has 0 spiro atoms. The van der Waals surface area contributed by atoms with Crippen LogP contribution in [0.2, 0.25) is 0 Å². The highest BCUT2D eigenvalue weighted by Gasteiger charge is 2.43.